The maximum atomic E-state index is 13.6. The number of amides is 1. The van der Waals surface area contributed by atoms with Crippen LogP contribution in [0, 0.1) is 27.7 Å². The highest BCUT2D eigenvalue weighted by atomic mass is 32.2. The third-order valence-electron chi connectivity index (χ3n) is 7.62. The number of nitrogens with one attached hydrogen (secondary N) is 1. The largest absolute Gasteiger partial charge is 0.462 e. The van der Waals surface area contributed by atoms with Crippen molar-refractivity contribution in [1.29, 1.82) is 0 Å². The van der Waals surface area contributed by atoms with Gasteiger partial charge in [-0.25, -0.2) is 13.2 Å². The van der Waals surface area contributed by atoms with Crippen molar-refractivity contribution in [3.8, 4) is 10.4 Å². The van der Waals surface area contributed by atoms with Crippen molar-refractivity contribution in [3.63, 3.8) is 0 Å². The number of piperazine rings is 1. The normalized spacial score (nSPS) is 15.6. The highest BCUT2D eigenvalue weighted by molar-refractivity contribution is 7.89. The number of hydrogen-bond donors (Lipinski definition) is 1. The van der Waals surface area contributed by atoms with E-state index in [0.717, 1.165) is 32.7 Å². The smallest absolute Gasteiger partial charge is 0.341 e. The van der Waals surface area contributed by atoms with Crippen molar-refractivity contribution in [2.75, 3.05) is 38.1 Å². The summed E-state index contributed by atoms with van der Waals surface area (Å²) >= 11 is 1.33. The number of ether oxygens (including phenoxy) is 1. The van der Waals surface area contributed by atoms with Gasteiger partial charge in [0, 0.05) is 31.1 Å². The number of rotatable bonds is 8. The van der Waals surface area contributed by atoms with E-state index in [-0.39, 0.29) is 25.6 Å². The summed E-state index contributed by atoms with van der Waals surface area (Å²) in [6.07, 6.45) is 0. The minimum atomic E-state index is -3.67. The quantitative estimate of drug-likeness (QED) is 0.368. The molecule has 4 rings (SSSR count). The van der Waals surface area contributed by atoms with E-state index in [1.807, 2.05) is 69.0 Å². The van der Waals surface area contributed by atoms with Crippen molar-refractivity contribution in [1.82, 2.24) is 9.21 Å². The molecule has 0 aliphatic carbocycles. The first-order valence-electron chi connectivity index (χ1n) is 13.4. The van der Waals surface area contributed by atoms with E-state index in [1.54, 1.807) is 19.9 Å². The van der Waals surface area contributed by atoms with Gasteiger partial charge in [0.1, 0.15) is 5.00 Å². The summed E-state index contributed by atoms with van der Waals surface area (Å²) in [6, 6.07) is 12.9. The van der Waals surface area contributed by atoms with Crippen LogP contribution in [0.4, 0.5) is 5.00 Å². The lowest BCUT2D eigenvalue weighted by Crippen LogP contribution is -2.54. The Morgan fingerprint density at radius 2 is 1.57 bits per heavy atom. The van der Waals surface area contributed by atoms with Crippen LogP contribution in [0.5, 0.6) is 0 Å². The predicted molar refractivity (Wildman–Crippen MR) is 160 cm³/mol. The first-order chi connectivity index (χ1) is 18.9. The molecule has 214 valence electrons. The molecule has 0 radical (unpaired) electrons. The fourth-order valence-electron chi connectivity index (χ4n) is 5.00. The van der Waals surface area contributed by atoms with Gasteiger partial charge in [0.15, 0.2) is 0 Å². The van der Waals surface area contributed by atoms with E-state index >= 15 is 0 Å². The van der Waals surface area contributed by atoms with E-state index < -0.39 is 22.0 Å². The van der Waals surface area contributed by atoms with Gasteiger partial charge < -0.3 is 10.1 Å². The van der Waals surface area contributed by atoms with Crippen LogP contribution in [0.25, 0.3) is 10.4 Å². The summed E-state index contributed by atoms with van der Waals surface area (Å²) in [5, 5.41) is 3.38. The van der Waals surface area contributed by atoms with Crippen LogP contribution in [0.15, 0.2) is 47.4 Å². The molecule has 2 heterocycles. The van der Waals surface area contributed by atoms with Gasteiger partial charge in [-0.15, -0.1) is 11.3 Å². The number of carbonyl (C=O) groups is 2. The van der Waals surface area contributed by atoms with Gasteiger partial charge in [-0.2, -0.15) is 4.31 Å². The molecule has 1 aliphatic rings. The molecular weight excluding hydrogens is 546 g/mol. The number of benzene rings is 2. The lowest BCUT2D eigenvalue weighted by atomic mass is 10.0. The van der Waals surface area contributed by atoms with Crippen molar-refractivity contribution in [2.24, 2.45) is 0 Å². The molecule has 3 aromatic rings. The van der Waals surface area contributed by atoms with Crippen molar-refractivity contribution in [2.45, 2.75) is 52.5 Å². The Bertz CT molecular complexity index is 1480. The molecule has 40 heavy (non-hydrogen) atoms. The Hall–Kier alpha value is -3.05. The van der Waals surface area contributed by atoms with Crippen LogP contribution in [-0.2, 0) is 19.6 Å². The number of aryl methyl sites for hydroxylation is 2. The summed E-state index contributed by atoms with van der Waals surface area (Å²) < 4.78 is 34.0. The number of esters is 1. The van der Waals surface area contributed by atoms with Crippen molar-refractivity contribution < 1.29 is 22.7 Å². The topological polar surface area (TPSA) is 96.0 Å². The molecule has 0 saturated carbocycles. The standard InChI is InChI=1S/C30H37N3O5S2/c1-7-38-30(35)25-18-26(24-11-9-8-10-12-24)39-29(25)31-28(34)23(6)32-13-15-33(16-14-32)40(36,37)27-21(4)19(2)17-20(3)22(27)5/h8-12,17-18,23H,7,13-16H2,1-6H3,(H,31,34)/t23-/m1/s1. The molecular formula is C30H37N3O5S2. The minimum Gasteiger partial charge on any atom is -0.462 e. The molecule has 1 amide bonds. The van der Waals surface area contributed by atoms with E-state index in [9.17, 15) is 18.0 Å². The van der Waals surface area contributed by atoms with Crippen LogP contribution >= 0.6 is 11.3 Å². The maximum Gasteiger partial charge on any atom is 0.341 e. The zero-order valence-corrected chi connectivity index (χ0v) is 25.5. The molecule has 8 nitrogen and oxygen atoms in total. The van der Waals surface area contributed by atoms with E-state index in [4.69, 9.17) is 4.74 Å². The van der Waals surface area contributed by atoms with E-state index in [0.29, 0.717) is 28.5 Å². The Morgan fingerprint density at radius 1 is 0.975 bits per heavy atom. The summed E-state index contributed by atoms with van der Waals surface area (Å²) in [4.78, 5) is 29.2. The van der Waals surface area contributed by atoms with E-state index in [2.05, 4.69) is 5.32 Å². The molecule has 1 aromatic heterocycles. The van der Waals surface area contributed by atoms with Gasteiger partial charge >= 0.3 is 5.97 Å². The first kappa shape index (κ1) is 29.9. The molecule has 2 aromatic carbocycles. The third kappa shape index (κ3) is 6.00. The fraction of sp³-hybridized carbons (Fsp3) is 0.400. The first-order valence-corrected chi connectivity index (χ1v) is 15.7. The second-order valence-corrected chi connectivity index (χ2v) is 13.1. The zero-order chi connectivity index (χ0) is 29.2. The van der Waals surface area contributed by atoms with Gasteiger partial charge in [0.2, 0.25) is 15.9 Å². The number of thiophene rings is 1. The Kier molecular flexibility index (Phi) is 9.14. The second kappa shape index (κ2) is 12.2. The van der Waals surface area contributed by atoms with Gasteiger partial charge in [-0.3, -0.25) is 9.69 Å². The molecule has 0 unspecified atom stereocenters. The SMILES string of the molecule is CCOC(=O)c1cc(-c2ccccc2)sc1NC(=O)[C@@H](C)N1CCN(S(=O)(=O)c2c(C)c(C)cc(C)c2C)CC1. The summed E-state index contributed by atoms with van der Waals surface area (Å²) in [6.45, 7) is 12.8. The minimum absolute atomic E-state index is 0.230. The monoisotopic (exact) mass is 583 g/mol. The maximum absolute atomic E-state index is 13.6. The average Bonchev–Trinajstić information content (AvgIpc) is 3.36. The van der Waals surface area contributed by atoms with Gasteiger partial charge in [0.25, 0.3) is 0 Å². The summed E-state index contributed by atoms with van der Waals surface area (Å²) in [7, 11) is -3.67. The number of carbonyl (C=O) groups excluding carboxylic acids is 2. The molecule has 10 heteroatoms. The van der Waals surface area contributed by atoms with E-state index in [1.165, 1.54) is 15.6 Å². The van der Waals surface area contributed by atoms with Crippen LogP contribution < -0.4 is 5.32 Å². The average molecular weight is 584 g/mol. The zero-order valence-electron chi connectivity index (χ0n) is 23.9. The highest BCUT2D eigenvalue weighted by Gasteiger charge is 2.34. The van der Waals surface area contributed by atoms with Crippen LogP contribution in [-0.4, -0.2) is 68.3 Å². The number of anilines is 1. The third-order valence-corrected chi connectivity index (χ3v) is 10.9. The van der Waals surface area contributed by atoms with Gasteiger partial charge in [-0.1, -0.05) is 36.4 Å². The fourth-order valence-corrected chi connectivity index (χ4v) is 8.05. The van der Waals surface area contributed by atoms with Gasteiger partial charge in [-0.05, 0) is 75.4 Å². The number of hydrogen-bond acceptors (Lipinski definition) is 7. The summed E-state index contributed by atoms with van der Waals surface area (Å²) in [5.74, 6) is -0.746. The van der Waals surface area contributed by atoms with Crippen LogP contribution in [0.3, 0.4) is 0 Å². The molecule has 0 spiro atoms. The van der Waals surface area contributed by atoms with Crippen molar-refractivity contribution in [3.05, 3.63) is 70.3 Å². The highest BCUT2D eigenvalue weighted by Crippen LogP contribution is 2.36. The molecule has 1 aliphatic heterocycles. The lowest BCUT2D eigenvalue weighted by molar-refractivity contribution is -0.121. The molecule has 1 fully saturated rings. The molecule has 1 N–H and O–H groups in total. The van der Waals surface area contributed by atoms with Gasteiger partial charge in [0.05, 0.1) is 23.1 Å². The molecule has 0 bridgehead atoms. The molecule has 1 atom stereocenters. The molecule has 1 saturated heterocycles. The van der Waals surface area contributed by atoms with Crippen LogP contribution in [0.2, 0.25) is 0 Å². The Labute approximate surface area is 241 Å². The Morgan fingerprint density at radius 3 is 2.15 bits per heavy atom. The van der Waals surface area contributed by atoms with Crippen molar-refractivity contribution >= 4 is 38.2 Å². The predicted octanol–water partition coefficient (Wildman–Crippen LogP) is 5.16. The summed E-state index contributed by atoms with van der Waals surface area (Å²) in [5.41, 5.74) is 4.73. The number of sulfonamides is 1. The number of nitrogens with zero attached hydrogens (tertiary/aromatic N) is 2. The lowest BCUT2D eigenvalue weighted by Gasteiger charge is -2.37. The Balaban J connectivity index is 1.48. The van der Waals surface area contributed by atoms with Crippen LogP contribution in [0.1, 0.15) is 46.5 Å². The second-order valence-electron chi connectivity index (χ2n) is 10.1.